The molecule has 0 radical (unpaired) electrons. The standard InChI is InChI=1S/C36H58O8/c1-9-10-14-28(39)44-31-30-21(4)25(38)17-18-34(30,6)27-16-15-24-29(23(33(41)42)13-11-12-20(2)3)26(43-22(5)37)19-35(24,7)36(27,8)32(31)40/h20-21,24-27,30-32,38,40H,9-19H2,1-8H3,(H,41,42)/b29-23-. The van der Waals surface area contributed by atoms with Crippen LogP contribution >= 0.6 is 0 Å². The molecule has 11 unspecified atom stereocenters. The highest BCUT2D eigenvalue weighted by Crippen LogP contribution is 2.74. The number of carboxylic acids is 1. The van der Waals surface area contributed by atoms with Crippen LogP contribution in [-0.4, -0.2) is 57.6 Å². The molecular weight excluding hydrogens is 560 g/mol. The number of fused-ring (bicyclic) bond motifs is 5. The summed E-state index contributed by atoms with van der Waals surface area (Å²) in [7, 11) is 0. The minimum atomic E-state index is -1.02. The van der Waals surface area contributed by atoms with Crippen molar-refractivity contribution in [2.45, 2.75) is 150 Å². The fourth-order valence-corrected chi connectivity index (χ4v) is 10.7. The van der Waals surface area contributed by atoms with Crippen LogP contribution in [0.5, 0.6) is 0 Å². The summed E-state index contributed by atoms with van der Waals surface area (Å²) in [5.41, 5.74) is -0.640. The third kappa shape index (κ3) is 5.76. The zero-order chi connectivity index (χ0) is 32.8. The molecule has 0 aromatic carbocycles. The second-order valence-corrected chi connectivity index (χ2v) is 15.7. The Morgan fingerprint density at radius 3 is 2.27 bits per heavy atom. The predicted molar refractivity (Wildman–Crippen MR) is 167 cm³/mol. The topological polar surface area (TPSA) is 130 Å². The quantitative estimate of drug-likeness (QED) is 0.188. The van der Waals surface area contributed by atoms with Gasteiger partial charge in [-0.05, 0) is 91.4 Å². The van der Waals surface area contributed by atoms with Crippen LogP contribution in [0.4, 0.5) is 0 Å². The highest BCUT2D eigenvalue weighted by Gasteiger charge is 2.74. The van der Waals surface area contributed by atoms with Crippen molar-refractivity contribution < 1.29 is 39.2 Å². The van der Waals surface area contributed by atoms with Gasteiger partial charge in [-0.1, -0.05) is 61.3 Å². The van der Waals surface area contributed by atoms with Crippen molar-refractivity contribution in [3.63, 3.8) is 0 Å². The first-order valence-corrected chi connectivity index (χ1v) is 17.2. The van der Waals surface area contributed by atoms with E-state index in [-0.39, 0.29) is 41.5 Å². The molecule has 8 heteroatoms. The van der Waals surface area contributed by atoms with E-state index >= 15 is 0 Å². The number of ether oxygens (including phenoxy) is 2. The Bertz CT molecular complexity index is 1130. The van der Waals surface area contributed by atoms with Gasteiger partial charge in [0.25, 0.3) is 0 Å². The third-order valence-corrected chi connectivity index (χ3v) is 12.9. The van der Waals surface area contributed by atoms with Gasteiger partial charge in [0.15, 0.2) is 0 Å². The highest BCUT2D eigenvalue weighted by molar-refractivity contribution is 5.88. The van der Waals surface area contributed by atoms with Gasteiger partial charge in [-0.15, -0.1) is 0 Å². The fraction of sp³-hybridized carbons (Fsp3) is 0.861. The second-order valence-electron chi connectivity index (χ2n) is 15.7. The summed E-state index contributed by atoms with van der Waals surface area (Å²) >= 11 is 0. The molecule has 4 fully saturated rings. The lowest BCUT2D eigenvalue weighted by Gasteiger charge is -2.70. The summed E-state index contributed by atoms with van der Waals surface area (Å²) in [6.45, 7) is 16.2. The molecule has 0 amide bonds. The van der Waals surface area contributed by atoms with Gasteiger partial charge < -0.3 is 24.8 Å². The average Bonchev–Trinajstić information content (AvgIpc) is 3.22. The molecule has 4 aliphatic rings. The zero-order valence-corrected chi connectivity index (χ0v) is 28.4. The van der Waals surface area contributed by atoms with E-state index in [0.717, 1.165) is 38.5 Å². The SMILES string of the molecule is CCCCC(=O)OC1C2C(C)C(O)CCC2(C)C2CCC3/C(=C(\CCCC(C)C)C(=O)O)C(OC(C)=O)CC3(C)C2(C)C1O. The Hall–Kier alpha value is -1.93. The summed E-state index contributed by atoms with van der Waals surface area (Å²) in [4.78, 5) is 38.4. The van der Waals surface area contributed by atoms with Crippen LogP contribution in [-0.2, 0) is 23.9 Å². The number of carbonyl (C=O) groups excluding carboxylic acids is 2. The number of esters is 2. The maximum Gasteiger partial charge on any atom is 0.331 e. The molecule has 0 aliphatic heterocycles. The van der Waals surface area contributed by atoms with Gasteiger partial charge >= 0.3 is 17.9 Å². The Kier molecular flexibility index (Phi) is 10.4. The Morgan fingerprint density at radius 2 is 1.68 bits per heavy atom. The number of aliphatic hydroxyl groups is 2. The van der Waals surface area contributed by atoms with E-state index in [1.165, 1.54) is 6.92 Å². The number of carboxylic acid groups (broad SMARTS) is 1. The number of unbranched alkanes of at least 4 members (excludes halogenated alkanes) is 1. The molecule has 4 rings (SSSR count). The molecule has 0 bridgehead atoms. The molecule has 44 heavy (non-hydrogen) atoms. The van der Waals surface area contributed by atoms with Crippen molar-refractivity contribution in [1.82, 2.24) is 0 Å². The summed E-state index contributed by atoms with van der Waals surface area (Å²) < 4.78 is 12.2. The molecule has 0 saturated heterocycles. The van der Waals surface area contributed by atoms with E-state index in [9.17, 15) is 29.7 Å². The lowest BCUT2D eigenvalue weighted by molar-refractivity contribution is -0.288. The van der Waals surface area contributed by atoms with Crippen LogP contribution < -0.4 is 0 Å². The highest BCUT2D eigenvalue weighted by atomic mass is 16.6. The minimum absolute atomic E-state index is 0.0448. The molecule has 0 spiro atoms. The zero-order valence-electron chi connectivity index (χ0n) is 28.4. The van der Waals surface area contributed by atoms with Crippen molar-refractivity contribution in [3.8, 4) is 0 Å². The van der Waals surface area contributed by atoms with Crippen LogP contribution in [0.25, 0.3) is 0 Å². The van der Waals surface area contributed by atoms with Gasteiger partial charge in [0.1, 0.15) is 12.2 Å². The van der Waals surface area contributed by atoms with Gasteiger partial charge in [-0.3, -0.25) is 9.59 Å². The van der Waals surface area contributed by atoms with E-state index < -0.39 is 47.2 Å². The smallest absolute Gasteiger partial charge is 0.331 e. The van der Waals surface area contributed by atoms with E-state index in [1.807, 2.05) is 13.8 Å². The molecule has 4 saturated carbocycles. The first-order valence-electron chi connectivity index (χ1n) is 17.2. The second kappa shape index (κ2) is 13.1. The summed E-state index contributed by atoms with van der Waals surface area (Å²) in [5.74, 6) is -1.82. The molecule has 0 aromatic heterocycles. The monoisotopic (exact) mass is 618 g/mol. The van der Waals surface area contributed by atoms with Crippen LogP contribution in [0.1, 0.15) is 126 Å². The van der Waals surface area contributed by atoms with E-state index in [0.29, 0.717) is 42.7 Å². The summed E-state index contributed by atoms with van der Waals surface area (Å²) in [6.07, 6.45) is 4.16. The number of aliphatic hydroxyl groups excluding tert-OH is 2. The number of hydrogen-bond acceptors (Lipinski definition) is 7. The number of carbonyl (C=O) groups is 3. The van der Waals surface area contributed by atoms with Crippen molar-refractivity contribution in [2.75, 3.05) is 0 Å². The Morgan fingerprint density at radius 1 is 1.00 bits per heavy atom. The van der Waals surface area contributed by atoms with E-state index in [1.54, 1.807) is 0 Å². The Labute approximate surface area is 264 Å². The third-order valence-electron chi connectivity index (χ3n) is 12.9. The first-order chi connectivity index (χ1) is 20.5. The maximum absolute atomic E-state index is 13.2. The normalized spacial score (nSPS) is 42.6. The van der Waals surface area contributed by atoms with Crippen LogP contribution in [0.2, 0.25) is 0 Å². The Balaban J connectivity index is 1.86. The maximum atomic E-state index is 13.2. The largest absolute Gasteiger partial charge is 0.478 e. The van der Waals surface area contributed by atoms with Crippen molar-refractivity contribution in [2.24, 2.45) is 45.8 Å². The number of rotatable bonds is 10. The number of hydrogen-bond donors (Lipinski definition) is 3. The van der Waals surface area contributed by atoms with Gasteiger partial charge in [0.2, 0.25) is 0 Å². The van der Waals surface area contributed by atoms with Crippen molar-refractivity contribution >= 4 is 17.9 Å². The first kappa shape index (κ1) is 34.9. The molecule has 4 aliphatic carbocycles. The summed E-state index contributed by atoms with van der Waals surface area (Å²) in [6, 6.07) is 0. The number of aliphatic carboxylic acids is 1. The lowest BCUT2D eigenvalue weighted by Crippen LogP contribution is -2.72. The molecular formula is C36H58O8. The van der Waals surface area contributed by atoms with Crippen molar-refractivity contribution in [1.29, 1.82) is 0 Å². The molecule has 11 atom stereocenters. The van der Waals surface area contributed by atoms with Gasteiger partial charge in [-0.2, -0.15) is 0 Å². The van der Waals surface area contributed by atoms with E-state index in [2.05, 4.69) is 34.6 Å². The van der Waals surface area contributed by atoms with E-state index in [4.69, 9.17) is 9.47 Å². The van der Waals surface area contributed by atoms with Gasteiger partial charge in [0.05, 0.1) is 12.2 Å². The van der Waals surface area contributed by atoms with Gasteiger partial charge in [-0.25, -0.2) is 4.79 Å². The predicted octanol–water partition coefficient (Wildman–Crippen LogP) is 6.46. The molecule has 0 aromatic rings. The average molecular weight is 619 g/mol. The molecule has 250 valence electrons. The lowest BCUT2D eigenvalue weighted by atomic mass is 9.35. The minimum Gasteiger partial charge on any atom is -0.478 e. The molecule has 8 nitrogen and oxygen atoms in total. The van der Waals surface area contributed by atoms with Crippen LogP contribution in [0.3, 0.4) is 0 Å². The fourth-order valence-electron chi connectivity index (χ4n) is 10.7. The van der Waals surface area contributed by atoms with Crippen molar-refractivity contribution in [3.05, 3.63) is 11.1 Å². The van der Waals surface area contributed by atoms with Crippen LogP contribution in [0.15, 0.2) is 11.1 Å². The van der Waals surface area contributed by atoms with Crippen LogP contribution in [0, 0.1) is 45.8 Å². The molecule has 3 N–H and O–H groups in total. The molecule has 0 heterocycles. The van der Waals surface area contributed by atoms with Gasteiger partial charge in [0, 0.05) is 30.3 Å². The summed E-state index contributed by atoms with van der Waals surface area (Å²) in [5, 5.41) is 34.1.